The molecule has 0 heterocycles. The molecule has 0 aliphatic rings. The fourth-order valence-electron chi connectivity index (χ4n) is 0.745. The Balaban J connectivity index is 5.16. The number of carbonyl (C=O) groups is 2. The van der Waals surface area contributed by atoms with Gasteiger partial charge in [0.15, 0.2) is 0 Å². The van der Waals surface area contributed by atoms with Gasteiger partial charge in [0.2, 0.25) is 0 Å². The largest absolute Gasteiger partial charge is 0.465 e. The molecule has 0 amide bonds. The van der Waals surface area contributed by atoms with Crippen molar-refractivity contribution in [3.63, 3.8) is 0 Å². The molecule has 0 aliphatic carbocycles. The molecule has 0 radical (unpaired) electrons. The maximum absolute atomic E-state index is 11.2. The molecule has 0 saturated carbocycles. The highest BCUT2D eigenvalue weighted by molar-refractivity contribution is 9.10. The molecule has 0 aromatic rings. The minimum absolute atomic E-state index is 0.0660. The molecule has 0 saturated heterocycles. The molecule has 14 heavy (non-hydrogen) atoms. The maximum Gasteiger partial charge on any atom is 0.345 e. The van der Waals surface area contributed by atoms with E-state index in [1.165, 1.54) is 14.2 Å². The highest BCUT2D eigenvalue weighted by atomic mass is 79.9. The van der Waals surface area contributed by atoms with Crippen LogP contribution in [-0.2, 0) is 19.1 Å². The highest BCUT2D eigenvalue weighted by Gasteiger charge is 2.23. The summed E-state index contributed by atoms with van der Waals surface area (Å²) in [5.74, 6) is -1.38. The van der Waals surface area contributed by atoms with E-state index in [0.29, 0.717) is 16.2 Å². The fraction of sp³-hybridized carbons (Fsp3) is 0.500. The Kier molecular flexibility index (Phi) is 6.82. The van der Waals surface area contributed by atoms with Crippen LogP contribution < -0.4 is 0 Å². The van der Waals surface area contributed by atoms with Gasteiger partial charge in [-0.2, -0.15) is 0 Å². The molecule has 0 bridgehead atoms. The van der Waals surface area contributed by atoms with Crippen LogP contribution in [-0.4, -0.2) is 36.8 Å². The molecule has 80 valence electrons. The zero-order chi connectivity index (χ0) is 11.1. The lowest BCUT2D eigenvalue weighted by atomic mass is 10.1. The average Bonchev–Trinajstić information content (AvgIpc) is 2.23. The van der Waals surface area contributed by atoms with Gasteiger partial charge in [0.25, 0.3) is 0 Å². The summed E-state index contributed by atoms with van der Waals surface area (Å²) in [5, 5.41) is 0.801. The van der Waals surface area contributed by atoms with Crippen LogP contribution in [0.5, 0.6) is 0 Å². The predicted molar refractivity (Wildman–Crippen MR) is 58.6 cm³/mol. The van der Waals surface area contributed by atoms with E-state index in [2.05, 4.69) is 41.3 Å². The van der Waals surface area contributed by atoms with Crippen LogP contribution in [0.3, 0.4) is 0 Å². The van der Waals surface area contributed by atoms with Gasteiger partial charge in [0.1, 0.15) is 5.57 Å². The van der Waals surface area contributed by atoms with Crippen LogP contribution in [0.25, 0.3) is 0 Å². The van der Waals surface area contributed by atoms with Crippen molar-refractivity contribution in [2.24, 2.45) is 0 Å². The zero-order valence-corrected chi connectivity index (χ0v) is 11.0. The summed E-state index contributed by atoms with van der Waals surface area (Å²) in [6.07, 6.45) is 0. The number of hydrogen-bond acceptors (Lipinski definition) is 4. The molecule has 0 rings (SSSR count). The molecule has 0 unspecified atom stereocenters. The Morgan fingerprint density at radius 1 is 1.00 bits per heavy atom. The minimum Gasteiger partial charge on any atom is -0.465 e. The number of halogens is 2. The number of hydrogen-bond donors (Lipinski definition) is 0. The van der Waals surface area contributed by atoms with Gasteiger partial charge >= 0.3 is 11.9 Å². The number of alkyl halides is 2. The fourth-order valence-corrected chi connectivity index (χ4v) is 2.23. The number of esters is 2. The van der Waals surface area contributed by atoms with E-state index in [4.69, 9.17) is 0 Å². The van der Waals surface area contributed by atoms with Crippen molar-refractivity contribution in [3.05, 3.63) is 11.1 Å². The Bertz CT molecular complexity index is 236. The summed E-state index contributed by atoms with van der Waals surface area (Å²) in [6.45, 7) is 0. The second-order valence-electron chi connectivity index (χ2n) is 2.23. The van der Waals surface area contributed by atoms with Gasteiger partial charge in [-0.3, -0.25) is 0 Å². The Morgan fingerprint density at radius 3 is 1.57 bits per heavy atom. The third-order valence-electron chi connectivity index (χ3n) is 1.46. The molecule has 0 aromatic heterocycles. The van der Waals surface area contributed by atoms with E-state index in [-0.39, 0.29) is 5.57 Å². The summed E-state index contributed by atoms with van der Waals surface area (Å²) >= 11 is 6.34. The van der Waals surface area contributed by atoms with Crippen molar-refractivity contribution in [1.29, 1.82) is 0 Å². The van der Waals surface area contributed by atoms with E-state index in [1.807, 2.05) is 0 Å². The first-order valence-electron chi connectivity index (χ1n) is 3.62. The number of allylic oxidation sites excluding steroid dienone is 1. The second-order valence-corrected chi connectivity index (χ2v) is 3.35. The topological polar surface area (TPSA) is 52.6 Å². The lowest BCUT2D eigenvalue weighted by Crippen LogP contribution is -2.19. The first kappa shape index (κ1) is 13.6. The van der Waals surface area contributed by atoms with Crippen molar-refractivity contribution >= 4 is 43.8 Å². The van der Waals surface area contributed by atoms with Crippen LogP contribution in [0.4, 0.5) is 0 Å². The lowest BCUT2D eigenvalue weighted by Gasteiger charge is -2.07. The van der Waals surface area contributed by atoms with Gasteiger partial charge in [0, 0.05) is 10.7 Å². The van der Waals surface area contributed by atoms with E-state index in [1.54, 1.807) is 0 Å². The molecule has 0 atom stereocenters. The summed E-state index contributed by atoms with van der Waals surface area (Å²) in [7, 11) is 2.43. The number of carbonyl (C=O) groups excluding carboxylic acids is 2. The molecule has 0 N–H and O–H groups in total. The van der Waals surface area contributed by atoms with Gasteiger partial charge in [-0.1, -0.05) is 31.9 Å². The van der Waals surface area contributed by atoms with Crippen molar-refractivity contribution in [2.75, 3.05) is 24.9 Å². The number of ether oxygens (including phenoxy) is 2. The van der Waals surface area contributed by atoms with Crippen LogP contribution in [0, 0.1) is 0 Å². The van der Waals surface area contributed by atoms with Crippen LogP contribution >= 0.6 is 31.9 Å². The summed E-state index contributed by atoms with van der Waals surface area (Å²) < 4.78 is 8.96. The normalized spacial score (nSPS) is 9.14. The monoisotopic (exact) mass is 328 g/mol. The lowest BCUT2D eigenvalue weighted by molar-refractivity contribution is -0.144. The van der Waals surface area contributed by atoms with Gasteiger partial charge in [0.05, 0.1) is 14.2 Å². The molecule has 4 nitrogen and oxygen atoms in total. The van der Waals surface area contributed by atoms with Gasteiger partial charge in [-0.25, -0.2) is 9.59 Å². The smallest absolute Gasteiger partial charge is 0.345 e. The predicted octanol–water partition coefficient (Wildman–Crippen LogP) is 1.42. The molecule has 0 spiro atoms. The Morgan fingerprint density at radius 2 is 1.36 bits per heavy atom. The molecule has 0 fully saturated rings. The second kappa shape index (κ2) is 7.00. The third-order valence-corrected chi connectivity index (χ3v) is 2.81. The molecular formula is C8H10Br2O4. The average molecular weight is 330 g/mol. The quantitative estimate of drug-likeness (QED) is 0.257. The first-order chi connectivity index (χ1) is 6.62. The zero-order valence-electron chi connectivity index (χ0n) is 7.80. The van der Waals surface area contributed by atoms with Crippen LogP contribution in [0.2, 0.25) is 0 Å². The van der Waals surface area contributed by atoms with E-state index < -0.39 is 11.9 Å². The van der Waals surface area contributed by atoms with E-state index in [0.717, 1.165) is 0 Å². The first-order valence-corrected chi connectivity index (χ1v) is 5.87. The Labute approximate surface area is 98.9 Å². The van der Waals surface area contributed by atoms with Crippen molar-refractivity contribution in [2.45, 2.75) is 0 Å². The highest BCUT2D eigenvalue weighted by Crippen LogP contribution is 2.13. The summed E-state index contributed by atoms with van der Waals surface area (Å²) in [4.78, 5) is 22.5. The maximum atomic E-state index is 11.2. The van der Waals surface area contributed by atoms with Gasteiger partial charge in [-0.05, 0) is 5.57 Å². The summed E-state index contributed by atoms with van der Waals surface area (Å²) in [5.41, 5.74) is 0.521. The minimum atomic E-state index is -0.689. The van der Waals surface area contributed by atoms with Crippen molar-refractivity contribution in [3.8, 4) is 0 Å². The standard InChI is InChI=1S/C8H10Br2O4/c1-13-7(11)6(8(12)14-2)5(3-9)4-10/h3-4H2,1-2H3. The van der Waals surface area contributed by atoms with Crippen LogP contribution in [0.1, 0.15) is 0 Å². The van der Waals surface area contributed by atoms with Crippen molar-refractivity contribution in [1.82, 2.24) is 0 Å². The Hall–Kier alpha value is -0.360. The molecule has 0 aliphatic heterocycles. The molecule has 0 aromatic carbocycles. The van der Waals surface area contributed by atoms with Crippen molar-refractivity contribution < 1.29 is 19.1 Å². The van der Waals surface area contributed by atoms with Gasteiger partial charge in [-0.15, -0.1) is 0 Å². The molecule has 6 heteroatoms. The number of methoxy groups -OCH3 is 2. The molecular weight excluding hydrogens is 320 g/mol. The van der Waals surface area contributed by atoms with E-state index in [9.17, 15) is 9.59 Å². The number of rotatable bonds is 4. The van der Waals surface area contributed by atoms with Crippen LogP contribution in [0.15, 0.2) is 11.1 Å². The third kappa shape index (κ3) is 3.42. The van der Waals surface area contributed by atoms with Gasteiger partial charge < -0.3 is 9.47 Å². The summed E-state index contributed by atoms with van der Waals surface area (Å²) in [6, 6.07) is 0. The SMILES string of the molecule is COC(=O)C(C(=O)OC)=C(CBr)CBr. The van der Waals surface area contributed by atoms with E-state index >= 15 is 0 Å².